The number of nitrogens with one attached hydrogen (secondary N) is 1. The van der Waals surface area contributed by atoms with Crippen LogP contribution in [0.4, 0.5) is 11.4 Å². The lowest BCUT2D eigenvalue weighted by Gasteiger charge is -2.28. The predicted octanol–water partition coefficient (Wildman–Crippen LogP) is 4.35. The molecule has 0 atom stereocenters. The minimum atomic E-state index is -0.268. The average Bonchev–Trinajstić information content (AvgIpc) is 2.68. The van der Waals surface area contributed by atoms with Crippen LogP contribution in [-0.4, -0.2) is 22.2 Å². The highest BCUT2D eigenvalue weighted by Crippen LogP contribution is 2.40. The summed E-state index contributed by atoms with van der Waals surface area (Å²) in [6.45, 7) is 0. The van der Waals surface area contributed by atoms with Gasteiger partial charge in [0.1, 0.15) is 0 Å². The first-order chi connectivity index (χ1) is 12.6. The summed E-state index contributed by atoms with van der Waals surface area (Å²) >= 11 is 0.500. The predicted molar refractivity (Wildman–Crippen MR) is 103 cm³/mol. The lowest BCUT2D eigenvalue weighted by molar-refractivity contribution is 0.0980. The minimum Gasteiger partial charge on any atom is -0.397 e. The number of benzene rings is 2. The standard InChI is InChI=1S/C20H20N2O3S/c21-18-15(26-25)10-14(22-11-6-2-1-3-7-11)16-17(18)20(24)13-9-5-4-8-12(13)19(16)23/h4-5,8-11,22,25H,1-3,6-7,21H2. The molecule has 0 unspecified atom stereocenters. The molecule has 4 N–H and O–H groups in total. The summed E-state index contributed by atoms with van der Waals surface area (Å²) in [5.74, 6) is -0.468. The third-order valence-electron chi connectivity index (χ3n) is 5.26. The number of nitrogen functional groups attached to an aromatic ring is 1. The first-order valence-corrected chi connectivity index (χ1v) is 9.62. The van der Waals surface area contributed by atoms with E-state index in [0.29, 0.717) is 39.3 Å². The summed E-state index contributed by atoms with van der Waals surface area (Å²) in [7, 11) is 0. The number of anilines is 2. The number of nitrogens with two attached hydrogens (primary N) is 1. The van der Waals surface area contributed by atoms with Crippen molar-refractivity contribution in [2.75, 3.05) is 11.1 Å². The summed E-state index contributed by atoms with van der Waals surface area (Å²) < 4.78 is 9.61. The van der Waals surface area contributed by atoms with Crippen LogP contribution < -0.4 is 11.1 Å². The second-order valence-electron chi connectivity index (χ2n) is 6.86. The highest BCUT2D eigenvalue weighted by atomic mass is 32.2. The molecule has 1 fully saturated rings. The van der Waals surface area contributed by atoms with Gasteiger partial charge in [0.25, 0.3) is 0 Å². The largest absolute Gasteiger partial charge is 0.397 e. The van der Waals surface area contributed by atoms with Crippen LogP contribution in [-0.2, 0) is 0 Å². The fourth-order valence-electron chi connectivity index (χ4n) is 3.95. The van der Waals surface area contributed by atoms with Crippen LogP contribution in [0, 0.1) is 0 Å². The molecule has 2 aliphatic carbocycles. The van der Waals surface area contributed by atoms with Crippen molar-refractivity contribution in [3.63, 3.8) is 0 Å². The van der Waals surface area contributed by atoms with Crippen molar-refractivity contribution < 1.29 is 14.1 Å². The molecular weight excluding hydrogens is 348 g/mol. The monoisotopic (exact) mass is 368 g/mol. The van der Waals surface area contributed by atoms with Crippen molar-refractivity contribution in [1.29, 1.82) is 0 Å². The SMILES string of the molecule is Nc1c(SO)cc(NC2CCCCC2)c2c1C(=O)c1ccccc1C2=O. The van der Waals surface area contributed by atoms with Gasteiger partial charge in [0, 0.05) is 34.9 Å². The summed E-state index contributed by atoms with van der Waals surface area (Å²) in [5.41, 5.74) is 8.19. The Morgan fingerprint density at radius 3 is 2.23 bits per heavy atom. The molecule has 0 amide bonds. The Hall–Kier alpha value is -2.31. The molecule has 0 aliphatic heterocycles. The molecule has 0 spiro atoms. The number of fused-ring (bicyclic) bond motifs is 2. The Balaban J connectivity index is 1.88. The van der Waals surface area contributed by atoms with Gasteiger partial charge >= 0.3 is 0 Å². The maximum Gasteiger partial charge on any atom is 0.196 e. The van der Waals surface area contributed by atoms with Gasteiger partial charge in [-0.2, -0.15) is 0 Å². The van der Waals surface area contributed by atoms with E-state index in [2.05, 4.69) is 5.32 Å². The van der Waals surface area contributed by atoms with E-state index >= 15 is 0 Å². The van der Waals surface area contributed by atoms with E-state index in [0.717, 1.165) is 25.7 Å². The number of hydrogen-bond donors (Lipinski definition) is 3. The summed E-state index contributed by atoms with van der Waals surface area (Å²) in [5, 5.41) is 3.44. The Morgan fingerprint density at radius 2 is 1.62 bits per heavy atom. The van der Waals surface area contributed by atoms with Gasteiger partial charge in [0.05, 0.1) is 21.7 Å². The second kappa shape index (κ2) is 6.78. The first-order valence-electron chi connectivity index (χ1n) is 8.84. The van der Waals surface area contributed by atoms with E-state index in [1.165, 1.54) is 6.42 Å². The van der Waals surface area contributed by atoms with Crippen LogP contribution in [0.2, 0.25) is 0 Å². The molecule has 1 saturated carbocycles. The van der Waals surface area contributed by atoms with Gasteiger partial charge in [0.2, 0.25) is 0 Å². The van der Waals surface area contributed by atoms with Crippen LogP contribution in [0.5, 0.6) is 0 Å². The zero-order valence-corrected chi connectivity index (χ0v) is 15.1. The van der Waals surface area contributed by atoms with Crippen molar-refractivity contribution in [3.05, 3.63) is 52.6 Å². The van der Waals surface area contributed by atoms with Crippen LogP contribution in [0.25, 0.3) is 0 Å². The molecule has 0 aromatic heterocycles. The molecule has 6 heteroatoms. The highest BCUT2D eigenvalue weighted by Gasteiger charge is 2.35. The van der Waals surface area contributed by atoms with Crippen molar-refractivity contribution >= 4 is 35.0 Å². The lowest BCUT2D eigenvalue weighted by atomic mass is 9.82. The van der Waals surface area contributed by atoms with Crippen LogP contribution >= 0.6 is 12.0 Å². The van der Waals surface area contributed by atoms with E-state index in [-0.39, 0.29) is 28.9 Å². The van der Waals surface area contributed by atoms with Gasteiger partial charge in [0.15, 0.2) is 11.6 Å². The summed E-state index contributed by atoms with van der Waals surface area (Å²) in [6, 6.07) is 8.75. The fourth-order valence-corrected chi connectivity index (χ4v) is 4.32. The Kier molecular flexibility index (Phi) is 4.46. The number of ketones is 2. The molecule has 2 aromatic rings. The van der Waals surface area contributed by atoms with Gasteiger partial charge in [-0.25, -0.2) is 0 Å². The Labute approximate surface area is 156 Å². The van der Waals surface area contributed by atoms with E-state index in [9.17, 15) is 14.1 Å². The van der Waals surface area contributed by atoms with Gasteiger partial charge in [-0.15, -0.1) is 0 Å². The maximum atomic E-state index is 13.2. The van der Waals surface area contributed by atoms with Gasteiger partial charge in [-0.3, -0.25) is 9.59 Å². The molecule has 4 rings (SSSR count). The van der Waals surface area contributed by atoms with Crippen LogP contribution in [0.1, 0.15) is 63.9 Å². The normalized spacial score (nSPS) is 17.0. The fraction of sp³-hybridized carbons (Fsp3) is 0.300. The lowest BCUT2D eigenvalue weighted by Crippen LogP contribution is -2.28. The molecule has 2 aliphatic rings. The highest BCUT2D eigenvalue weighted by molar-refractivity contribution is 7.94. The number of carbonyl (C=O) groups excluding carboxylic acids is 2. The molecule has 5 nitrogen and oxygen atoms in total. The summed E-state index contributed by atoms with van der Waals surface area (Å²) in [6.07, 6.45) is 5.57. The molecular formula is C20H20N2O3S. The van der Waals surface area contributed by atoms with Crippen molar-refractivity contribution in [1.82, 2.24) is 0 Å². The second-order valence-corrected chi connectivity index (χ2v) is 7.48. The zero-order chi connectivity index (χ0) is 18.3. The average molecular weight is 368 g/mol. The summed E-state index contributed by atoms with van der Waals surface area (Å²) in [4.78, 5) is 26.6. The van der Waals surface area contributed by atoms with Crippen molar-refractivity contribution in [2.24, 2.45) is 0 Å². The third kappa shape index (κ3) is 2.70. The van der Waals surface area contributed by atoms with Gasteiger partial charge in [-0.05, 0) is 18.9 Å². The molecule has 134 valence electrons. The quantitative estimate of drug-likeness (QED) is 0.470. The molecule has 0 saturated heterocycles. The van der Waals surface area contributed by atoms with Gasteiger partial charge < -0.3 is 15.6 Å². The maximum absolute atomic E-state index is 13.2. The Morgan fingerprint density at radius 1 is 1.00 bits per heavy atom. The third-order valence-corrected chi connectivity index (χ3v) is 5.80. The molecule has 2 aromatic carbocycles. The topological polar surface area (TPSA) is 92.4 Å². The van der Waals surface area contributed by atoms with E-state index in [4.69, 9.17) is 5.73 Å². The number of hydrogen-bond acceptors (Lipinski definition) is 6. The van der Waals surface area contributed by atoms with Crippen LogP contribution in [0.3, 0.4) is 0 Å². The van der Waals surface area contributed by atoms with Crippen molar-refractivity contribution in [2.45, 2.75) is 43.0 Å². The van der Waals surface area contributed by atoms with E-state index < -0.39 is 0 Å². The number of carbonyl (C=O) groups is 2. The molecule has 0 bridgehead atoms. The molecule has 0 heterocycles. The zero-order valence-electron chi connectivity index (χ0n) is 14.2. The van der Waals surface area contributed by atoms with E-state index in [1.807, 2.05) is 0 Å². The van der Waals surface area contributed by atoms with Crippen LogP contribution in [0.15, 0.2) is 35.2 Å². The Bertz CT molecular complexity index is 904. The molecule has 0 radical (unpaired) electrons. The molecule has 26 heavy (non-hydrogen) atoms. The minimum absolute atomic E-state index is 0.162. The van der Waals surface area contributed by atoms with Gasteiger partial charge in [-0.1, -0.05) is 43.5 Å². The van der Waals surface area contributed by atoms with E-state index in [1.54, 1.807) is 30.3 Å². The van der Waals surface area contributed by atoms with Crippen molar-refractivity contribution in [3.8, 4) is 0 Å². The first kappa shape index (κ1) is 17.1. The number of rotatable bonds is 3. The smallest absolute Gasteiger partial charge is 0.196 e.